The Morgan fingerprint density at radius 1 is 0.892 bits per heavy atom. The smallest absolute Gasteiger partial charge is 0.343 e. The first kappa shape index (κ1) is 30.3. The second-order valence-electron chi connectivity index (χ2n) is 7.83. The SMILES string of the molecule is CC(=O)[C@@H](C)NC(=O)c1ccc(/C(F)=C/C(c2ccc(C(F)(F)F)c(Br)c2)C(F)(F)F)cc1C(F)(F)F. The van der Waals surface area contributed by atoms with Crippen molar-refractivity contribution >= 4 is 33.4 Å². The highest BCUT2D eigenvalue weighted by molar-refractivity contribution is 9.10. The summed E-state index contributed by atoms with van der Waals surface area (Å²) >= 11 is 2.52. The fourth-order valence-corrected chi connectivity index (χ4v) is 3.70. The number of allylic oxidation sites excluding steroid dienone is 1. The minimum atomic E-state index is -5.23. The summed E-state index contributed by atoms with van der Waals surface area (Å²) in [5.41, 5.74) is -5.75. The summed E-state index contributed by atoms with van der Waals surface area (Å²) in [4.78, 5) is 23.5. The Labute approximate surface area is 211 Å². The third kappa shape index (κ3) is 7.55. The van der Waals surface area contributed by atoms with Crippen molar-refractivity contribution in [2.24, 2.45) is 0 Å². The number of Topliss-reactive ketones (excluding diaryl/α,β-unsaturated/α-hetero) is 1. The number of halogens is 11. The summed E-state index contributed by atoms with van der Waals surface area (Å²) in [7, 11) is 0. The normalized spacial score (nSPS) is 14.8. The largest absolute Gasteiger partial charge is 0.417 e. The van der Waals surface area contributed by atoms with Crippen LogP contribution in [0.2, 0.25) is 0 Å². The molecule has 0 aliphatic rings. The molecule has 0 heterocycles. The number of amides is 1. The van der Waals surface area contributed by atoms with Gasteiger partial charge in [-0.1, -0.05) is 28.1 Å². The standard InChI is InChI=1S/C23H16BrF10NO2/c1-10(11(2)36)35-20(37)14-5-3-13(7-17(14)23(32,33)34)19(25)9-16(22(29,30)31)12-4-6-15(18(24)8-12)21(26,27)28/h3-10,16H,1-2H3,(H,35,37)/b19-9-/t10-,16?/m1/s1. The average Bonchev–Trinajstić information content (AvgIpc) is 2.74. The number of ketones is 1. The van der Waals surface area contributed by atoms with Crippen LogP contribution in [-0.2, 0) is 17.1 Å². The molecule has 202 valence electrons. The summed E-state index contributed by atoms with van der Waals surface area (Å²) in [6.45, 7) is 2.28. The van der Waals surface area contributed by atoms with Gasteiger partial charge in [0.15, 0.2) is 5.78 Å². The lowest BCUT2D eigenvalue weighted by atomic mass is 9.94. The molecule has 0 bridgehead atoms. The number of hydrogen-bond donors (Lipinski definition) is 1. The van der Waals surface area contributed by atoms with Crippen LogP contribution in [0.1, 0.15) is 52.4 Å². The maximum Gasteiger partial charge on any atom is 0.417 e. The topological polar surface area (TPSA) is 46.2 Å². The quantitative estimate of drug-likeness (QED) is 0.340. The lowest BCUT2D eigenvalue weighted by molar-refractivity contribution is -0.140. The van der Waals surface area contributed by atoms with E-state index < -0.39 is 80.3 Å². The Morgan fingerprint density at radius 3 is 1.92 bits per heavy atom. The zero-order valence-corrected chi connectivity index (χ0v) is 20.3. The van der Waals surface area contributed by atoms with Gasteiger partial charge in [-0.15, -0.1) is 0 Å². The average molecular weight is 608 g/mol. The summed E-state index contributed by atoms with van der Waals surface area (Å²) in [6, 6.07) is 1.43. The molecule has 2 aromatic carbocycles. The second kappa shape index (κ2) is 10.8. The molecule has 0 saturated heterocycles. The molecule has 2 atom stereocenters. The Bertz CT molecular complexity index is 1220. The minimum Gasteiger partial charge on any atom is -0.343 e. The van der Waals surface area contributed by atoms with E-state index in [2.05, 4.69) is 15.9 Å². The lowest BCUT2D eigenvalue weighted by Crippen LogP contribution is -2.38. The minimum absolute atomic E-state index is 0.0813. The monoisotopic (exact) mass is 607 g/mol. The number of benzene rings is 2. The maximum atomic E-state index is 14.8. The molecule has 2 aromatic rings. The Hall–Kier alpha value is -2.90. The second-order valence-corrected chi connectivity index (χ2v) is 8.69. The van der Waals surface area contributed by atoms with Crippen LogP contribution in [0.25, 0.3) is 5.83 Å². The van der Waals surface area contributed by atoms with Gasteiger partial charge in [-0.05, 0) is 49.8 Å². The van der Waals surface area contributed by atoms with Crippen molar-refractivity contribution in [1.29, 1.82) is 0 Å². The lowest BCUT2D eigenvalue weighted by Gasteiger charge is -2.20. The zero-order valence-electron chi connectivity index (χ0n) is 18.7. The highest BCUT2D eigenvalue weighted by Crippen LogP contribution is 2.42. The van der Waals surface area contributed by atoms with Crippen molar-refractivity contribution in [1.82, 2.24) is 5.32 Å². The molecule has 1 amide bonds. The first-order chi connectivity index (χ1) is 16.7. The van der Waals surface area contributed by atoms with Gasteiger partial charge in [0, 0.05) is 10.0 Å². The molecule has 3 nitrogen and oxygen atoms in total. The van der Waals surface area contributed by atoms with Crippen molar-refractivity contribution < 1.29 is 53.5 Å². The third-order valence-corrected chi connectivity index (χ3v) is 5.78. The van der Waals surface area contributed by atoms with Gasteiger partial charge in [-0.25, -0.2) is 4.39 Å². The summed E-state index contributed by atoms with van der Waals surface area (Å²) in [6.07, 6.45) is -15.4. The molecule has 1 unspecified atom stereocenters. The molecule has 0 radical (unpaired) electrons. The number of carbonyl (C=O) groups excluding carboxylic acids is 2. The molecular weight excluding hydrogens is 592 g/mol. The van der Waals surface area contributed by atoms with Gasteiger partial charge in [-0.2, -0.15) is 39.5 Å². The van der Waals surface area contributed by atoms with Gasteiger partial charge in [0.1, 0.15) is 11.7 Å². The van der Waals surface area contributed by atoms with Gasteiger partial charge >= 0.3 is 18.5 Å². The molecular formula is C23H16BrF10NO2. The van der Waals surface area contributed by atoms with Gasteiger partial charge < -0.3 is 5.32 Å². The molecule has 0 saturated carbocycles. The van der Waals surface area contributed by atoms with Crippen LogP contribution >= 0.6 is 15.9 Å². The maximum absolute atomic E-state index is 14.8. The van der Waals surface area contributed by atoms with Crippen molar-refractivity contribution in [3.63, 3.8) is 0 Å². The van der Waals surface area contributed by atoms with E-state index in [1.165, 1.54) is 6.92 Å². The molecule has 0 spiro atoms. The summed E-state index contributed by atoms with van der Waals surface area (Å²) in [5, 5.41) is 2.02. The van der Waals surface area contributed by atoms with E-state index in [1.54, 1.807) is 0 Å². The highest BCUT2D eigenvalue weighted by Gasteiger charge is 2.42. The van der Waals surface area contributed by atoms with E-state index in [1.807, 2.05) is 5.32 Å². The van der Waals surface area contributed by atoms with Crippen LogP contribution in [-0.4, -0.2) is 23.9 Å². The van der Waals surface area contributed by atoms with Crippen LogP contribution in [0.3, 0.4) is 0 Å². The van der Waals surface area contributed by atoms with Gasteiger partial charge in [0.2, 0.25) is 0 Å². The highest BCUT2D eigenvalue weighted by atomic mass is 79.9. The van der Waals surface area contributed by atoms with E-state index in [-0.39, 0.29) is 12.1 Å². The van der Waals surface area contributed by atoms with Crippen LogP contribution < -0.4 is 5.32 Å². The van der Waals surface area contributed by atoms with Gasteiger partial charge in [0.25, 0.3) is 5.91 Å². The number of carbonyl (C=O) groups is 2. The van der Waals surface area contributed by atoms with E-state index >= 15 is 0 Å². The van der Waals surface area contributed by atoms with Crippen LogP contribution in [0, 0.1) is 0 Å². The van der Waals surface area contributed by atoms with E-state index in [4.69, 9.17) is 0 Å². The first-order valence-corrected chi connectivity index (χ1v) is 10.9. The number of rotatable bonds is 6. The number of alkyl halides is 9. The molecule has 0 aliphatic carbocycles. The summed E-state index contributed by atoms with van der Waals surface area (Å²) in [5.74, 6) is -6.48. The molecule has 2 rings (SSSR count). The van der Waals surface area contributed by atoms with Crippen molar-refractivity contribution in [3.8, 4) is 0 Å². The first-order valence-electron chi connectivity index (χ1n) is 10.1. The van der Waals surface area contributed by atoms with E-state index in [0.717, 1.165) is 6.92 Å². The predicted molar refractivity (Wildman–Crippen MR) is 116 cm³/mol. The zero-order chi connectivity index (χ0) is 28.5. The molecule has 0 fully saturated rings. The van der Waals surface area contributed by atoms with Crippen molar-refractivity contribution in [2.75, 3.05) is 0 Å². The summed E-state index contributed by atoms with van der Waals surface area (Å²) < 4.78 is 135. The number of nitrogens with one attached hydrogen (secondary N) is 1. The van der Waals surface area contributed by atoms with E-state index in [0.29, 0.717) is 30.3 Å². The molecule has 37 heavy (non-hydrogen) atoms. The van der Waals surface area contributed by atoms with Gasteiger partial charge in [0.05, 0.1) is 22.7 Å². The molecule has 14 heteroatoms. The fourth-order valence-electron chi connectivity index (χ4n) is 3.08. The van der Waals surface area contributed by atoms with Crippen LogP contribution in [0.15, 0.2) is 46.9 Å². The van der Waals surface area contributed by atoms with Crippen molar-refractivity contribution in [3.05, 3.63) is 74.8 Å². The Morgan fingerprint density at radius 2 is 1.46 bits per heavy atom. The van der Waals surface area contributed by atoms with Crippen LogP contribution in [0.5, 0.6) is 0 Å². The third-order valence-electron chi connectivity index (χ3n) is 5.13. The van der Waals surface area contributed by atoms with Crippen LogP contribution in [0.4, 0.5) is 43.9 Å². The molecule has 0 aliphatic heterocycles. The Kier molecular flexibility index (Phi) is 8.88. The molecule has 0 aromatic heterocycles. The Balaban J connectivity index is 2.57. The van der Waals surface area contributed by atoms with Gasteiger partial charge in [-0.3, -0.25) is 9.59 Å². The predicted octanol–water partition coefficient (Wildman–Crippen LogP) is 7.85. The molecule has 1 N–H and O–H groups in total. The van der Waals surface area contributed by atoms with E-state index in [9.17, 15) is 53.5 Å². The fraction of sp³-hybridized carbons (Fsp3) is 0.304. The van der Waals surface area contributed by atoms with Crippen molar-refractivity contribution in [2.45, 2.75) is 44.3 Å². The number of hydrogen-bond acceptors (Lipinski definition) is 2.